The number of hydrogen-bond donors (Lipinski definition) is 1. The van der Waals surface area contributed by atoms with Crippen molar-refractivity contribution in [3.05, 3.63) is 59.4 Å². The molecule has 3 aromatic rings. The summed E-state index contributed by atoms with van der Waals surface area (Å²) < 4.78 is 10.9. The fraction of sp³-hybridized carbons (Fsp3) is 0.316. The summed E-state index contributed by atoms with van der Waals surface area (Å²) in [4.78, 5) is 12.4. The van der Waals surface area contributed by atoms with Crippen LogP contribution < -0.4 is 5.32 Å². The number of nitrogens with zero attached hydrogens (tertiary/aromatic N) is 2. The molecule has 0 aliphatic rings. The Morgan fingerprint density at radius 2 is 1.92 bits per heavy atom. The van der Waals surface area contributed by atoms with Crippen LogP contribution in [0.1, 0.15) is 48.2 Å². The molecule has 130 valence electrons. The first kappa shape index (κ1) is 17.0. The van der Waals surface area contributed by atoms with Crippen molar-refractivity contribution in [2.45, 2.75) is 39.7 Å². The molecule has 1 N–H and O–H groups in total. The first-order valence-electron chi connectivity index (χ1n) is 8.09. The van der Waals surface area contributed by atoms with Gasteiger partial charge in [-0.1, -0.05) is 32.9 Å². The topological polar surface area (TPSA) is 81.2 Å². The molecular formula is C19H21N3O3. The summed E-state index contributed by atoms with van der Waals surface area (Å²) in [6.07, 6.45) is 1.29. The van der Waals surface area contributed by atoms with Gasteiger partial charge in [-0.15, -0.1) is 10.2 Å². The minimum absolute atomic E-state index is 0.131. The molecule has 0 saturated heterocycles. The average Bonchev–Trinajstić information content (AvgIpc) is 3.22. The van der Waals surface area contributed by atoms with E-state index in [0.29, 0.717) is 23.8 Å². The van der Waals surface area contributed by atoms with Gasteiger partial charge >= 0.3 is 0 Å². The normalized spacial score (nSPS) is 11.5. The maximum atomic E-state index is 12.4. The molecule has 0 fully saturated rings. The average molecular weight is 339 g/mol. The number of amides is 1. The molecule has 0 atom stereocenters. The molecule has 3 rings (SSSR count). The zero-order valence-corrected chi connectivity index (χ0v) is 14.8. The molecule has 6 heteroatoms. The molecule has 0 radical (unpaired) electrons. The van der Waals surface area contributed by atoms with Crippen LogP contribution in [0.5, 0.6) is 0 Å². The number of rotatable bonds is 4. The molecular weight excluding hydrogens is 318 g/mol. The number of furan rings is 1. The van der Waals surface area contributed by atoms with E-state index < -0.39 is 0 Å². The summed E-state index contributed by atoms with van der Waals surface area (Å²) in [5.41, 5.74) is 2.27. The predicted octanol–water partition coefficient (Wildman–Crippen LogP) is 3.87. The monoisotopic (exact) mass is 339 g/mol. The summed E-state index contributed by atoms with van der Waals surface area (Å²) >= 11 is 0. The quantitative estimate of drug-likeness (QED) is 0.780. The Labute approximate surface area is 146 Å². The van der Waals surface area contributed by atoms with E-state index >= 15 is 0 Å². The van der Waals surface area contributed by atoms with Gasteiger partial charge in [-0.25, -0.2) is 0 Å². The molecule has 6 nitrogen and oxygen atoms in total. The Kier molecular flexibility index (Phi) is 4.44. The summed E-state index contributed by atoms with van der Waals surface area (Å²) in [6.45, 7) is 8.40. The summed E-state index contributed by atoms with van der Waals surface area (Å²) in [7, 11) is 0. The zero-order chi connectivity index (χ0) is 18.0. The first-order chi connectivity index (χ1) is 11.8. The van der Waals surface area contributed by atoms with Crippen molar-refractivity contribution in [1.29, 1.82) is 0 Å². The van der Waals surface area contributed by atoms with Crippen LogP contribution >= 0.6 is 0 Å². The van der Waals surface area contributed by atoms with E-state index in [4.69, 9.17) is 8.83 Å². The third-order valence-corrected chi connectivity index (χ3v) is 3.92. The van der Waals surface area contributed by atoms with Crippen molar-refractivity contribution in [1.82, 2.24) is 15.5 Å². The summed E-state index contributed by atoms with van der Waals surface area (Å²) in [6, 6.07) is 9.43. The lowest BCUT2D eigenvalue weighted by Crippen LogP contribution is -2.23. The second kappa shape index (κ2) is 6.55. The van der Waals surface area contributed by atoms with Crippen molar-refractivity contribution >= 4 is 5.91 Å². The van der Waals surface area contributed by atoms with Crippen LogP contribution in [0.25, 0.3) is 11.5 Å². The van der Waals surface area contributed by atoms with Gasteiger partial charge in [0.1, 0.15) is 11.5 Å². The highest BCUT2D eigenvalue weighted by atomic mass is 16.4. The van der Waals surface area contributed by atoms with Crippen LogP contribution in [0, 0.1) is 6.92 Å². The largest absolute Gasteiger partial charge is 0.465 e. The molecule has 0 saturated carbocycles. The van der Waals surface area contributed by atoms with Crippen molar-refractivity contribution in [3.8, 4) is 11.5 Å². The third-order valence-electron chi connectivity index (χ3n) is 3.92. The van der Waals surface area contributed by atoms with E-state index in [1.807, 2.05) is 37.3 Å². The third kappa shape index (κ3) is 3.79. The van der Waals surface area contributed by atoms with Crippen LogP contribution in [0.15, 0.2) is 45.6 Å². The molecule has 25 heavy (non-hydrogen) atoms. The van der Waals surface area contributed by atoms with Crippen molar-refractivity contribution in [3.63, 3.8) is 0 Å². The lowest BCUT2D eigenvalue weighted by molar-refractivity contribution is 0.0949. The van der Waals surface area contributed by atoms with Gasteiger partial charge in [0.15, 0.2) is 0 Å². The SMILES string of the molecule is Cc1oc(C(C)(C)C)cc1C(=O)NCc1ccc(-c2nnco2)cc1. The highest BCUT2D eigenvalue weighted by Gasteiger charge is 2.22. The van der Waals surface area contributed by atoms with Gasteiger partial charge in [0.2, 0.25) is 12.3 Å². The minimum Gasteiger partial charge on any atom is -0.465 e. The van der Waals surface area contributed by atoms with Crippen LogP contribution in [0.2, 0.25) is 0 Å². The number of hydrogen-bond acceptors (Lipinski definition) is 5. The Hall–Kier alpha value is -2.89. The minimum atomic E-state index is -0.141. The van der Waals surface area contributed by atoms with Crippen molar-refractivity contribution in [2.75, 3.05) is 0 Å². The second-order valence-corrected chi connectivity index (χ2v) is 6.95. The fourth-order valence-corrected chi connectivity index (χ4v) is 2.42. The number of aryl methyl sites for hydroxylation is 1. The van der Waals surface area contributed by atoms with Gasteiger partial charge in [0, 0.05) is 17.5 Å². The molecule has 0 aliphatic carbocycles. The number of carbonyl (C=O) groups is 1. The summed E-state index contributed by atoms with van der Waals surface area (Å²) in [5.74, 6) is 1.77. The van der Waals surface area contributed by atoms with Gasteiger partial charge in [-0.3, -0.25) is 4.79 Å². The number of benzene rings is 1. The van der Waals surface area contributed by atoms with Crippen LogP contribution in [0.3, 0.4) is 0 Å². The Bertz CT molecular complexity index is 856. The number of aromatic nitrogens is 2. The van der Waals surface area contributed by atoms with E-state index in [2.05, 4.69) is 36.3 Å². The van der Waals surface area contributed by atoms with Crippen molar-refractivity contribution < 1.29 is 13.6 Å². The van der Waals surface area contributed by atoms with Crippen LogP contribution in [-0.4, -0.2) is 16.1 Å². The van der Waals surface area contributed by atoms with E-state index in [1.165, 1.54) is 6.39 Å². The maximum Gasteiger partial charge on any atom is 0.255 e. The van der Waals surface area contributed by atoms with Gasteiger partial charge in [0.25, 0.3) is 5.91 Å². The molecule has 0 aliphatic heterocycles. The van der Waals surface area contributed by atoms with Gasteiger partial charge < -0.3 is 14.2 Å². The standard InChI is InChI=1S/C19H21N3O3/c1-12-15(9-16(25-12)19(2,3)4)17(23)20-10-13-5-7-14(8-6-13)18-22-21-11-24-18/h5-9,11H,10H2,1-4H3,(H,20,23). The van der Waals surface area contributed by atoms with Gasteiger partial charge in [-0.05, 0) is 30.7 Å². The Balaban J connectivity index is 1.65. The van der Waals surface area contributed by atoms with E-state index in [0.717, 1.165) is 16.9 Å². The smallest absolute Gasteiger partial charge is 0.255 e. The fourth-order valence-electron chi connectivity index (χ4n) is 2.42. The highest BCUT2D eigenvalue weighted by Crippen LogP contribution is 2.27. The molecule has 0 spiro atoms. The van der Waals surface area contributed by atoms with Crippen molar-refractivity contribution in [2.24, 2.45) is 0 Å². The Morgan fingerprint density at radius 1 is 1.20 bits per heavy atom. The molecule has 0 unspecified atom stereocenters. The van der Waals surface area contributed by atoms with E-state index in [9.17, 15) is 4.79 Å². The first-order valence-corrected chi connectivity index (χ1v) is 8.09. The van der Waals surface area contributed by atoms with E-state index in [1.54, 1.807) is 0 Å². The number of carbonyl (C=O) groups excluding carboxylic acids is 1. The highest BCUT2D eigenvalue weighted by molar-refractivity contribution is 5.95. The second-order valence-electron chi connectivity index (χ2n) is 6.95. The van der Waals surface area contributed by atoms with Gasteiger partial charge in [0.05, 0.1) is 5.56 Å². The van der Waals surface area contributed by atoms with Gasteiger partial charge in [-0.2, -0.15) is 0 Å². The predicted molar refractivity (Wildman–Crippen MR) is 93.0 cm³/mol. The molecule has 0 bridgehead atoms. The maximum absolute atomic E-state index is 12.4. The van der Waals surface area contributed by atoms with Crippen LogP contribution in [-0.2, 0) is 12.0 Å². The number of nitrogens with one attached hydrogen (secondary N) is 1. The van der Waals surface area contributed by atoms with Crippen LogP contribution in [0.4, 0.5) is 0 Å². The molecule has 1 amide bonds. The Morgan fingerprint density at radius 3 is 2.48 bits per heavy atom. The summed E-state index contributed by atoms with van der Waals surface area (Å²) in [5, 5.41) is 10.4. The lowest BCUT2D eigenvalue weighted by atomic mass is 9.93. The van der Waals surface area contributed by atoms with E-state index in [-0.39, 0.29) is 11.3 Å². The zero-order valence-electron chi connectivity index (χ0n) is 14.8. The molecule has 1 aromatic carbocycles. The molecule has 2 aromatic heterocycles. The lowest BCUT2D eigenvalue weighted by Gasteiger charge is -2.13. The molecule has 2 heterocycles.